The summed E-state index contributed by atoms with van der Waals surface area (Å²) in [6.07, 6.45) is 0. The third-order valence-corrected chi connectivity index (χ3v) is 2.97. The molecular weight excluding hydrogens is 295 g/mol. The molecule has 0 atom stereocenters. The van der Waals surface area contributed by atoms with Crippen molar-refractivity contribution in [2.45, 2.75) is 6.54 Å². The molecule has 0 saturated heterocycles. The van der Waals surface area contributed by atoms with Gasteiger partial charge in [0, 0.05) is 13.6 Å². The van der Waals surface area contributed by atoms with Gasteiger partial charge >= 0.3 is 5.88 Å². The van der Waals surface area contributed by atoms with Crippen LogP contribution in [0.25, 0.3) is 0 Å². The van der Waals surface area contributed by atoms with E-state index in [4.69, 9.17) is 9.15 Å². The number of amides is 1. The van der Waals surface area contributed by atoms with Crippen LogP contribution in [0.1, 0.15) is 16.1 Å². The second kappa shape index (κ2) is 6.25. The third kappa shape index (κ3) is 3.22. The van der Waals surface area contributed by atoms with Crippen LogP contribution in [0.4, 0.5) is 10.3 Å². The van der Waals surface area contributed by atoms with Crippen LogP contribution in [0.2, 0.25) is 0 Å². The standard InChI is InChI=1S/C14H13FN2O5/c1-16(8-9-3-4-11(21-2)10(15)7-9)14(18)12-5-6-13(22-12)17(19)20/h3-7H,8H2,1-2H3. The summed E-state index contributed by atoms with van der Waals surface area (Å²) < 4.78 is 23.2. The first-order valence-electron chi connectivity index (χ1n) is 6.24. The van der Waals surface area contributed by atoms with Gasteiger partial charge in [0.05, 0.1) is 13.2 Å². The Morgan fingerprint density at radius 2 is 2.14 bits per heavy atom. The van der Waals surface area contributed by atoms with E-state index in [9.17, 15) is 19.3 Å². The van der Waals surface area contributed by atoms with Crippen molar-refractivity contribution in [3.8, 4) is 5.75 Å². The van der Waals surface area contributed by atoms with Gasteiger partial charge in [0.2, 0.25) is 0 Å². The minimum atomic E-state index is -0.727. The van der Waals surface area contributed by atoms with Crippen LogP contribution < -0.4 is 4.74 Å². The van der Waals surface area contributed by atoms with Crippen LogP contribution in [-0.2, 0) is 6.54 Å². The zero-order valence-corrected chi connectivity index (χ0v) is 11.9. The van der Waals surface area contributed by atoms with Gasteiger partial charge < -0.3 is 14.1 Å². The first-order chi connectivity index (χ1) is 10.4. The topological polar surface area (TPSA) is 85.8 Å². The number of carbonyl (C=O) groups is 1. The molecule has 0 N–H and O–H groups in total. The van der Waals surface area contributed by atoms with Crippen molar-refractivity contribution in [1.82, 2.24) is 4.90 Å². The minimum absolute atomic E-state index is 0.111. The van der Waals surface area contributed by atoms with Crippen LogP contribution in [-0.4, -0.2) is 29.9 Å². The molecule has 0 bridgehead atoms. The molecule has 0 fully saturated rings. The molecule has 0 aliphatic heterocycles. The Balaban J connectivity index is 2.10. The first-order valence-corrected chi connectivity index (χ1v) is 6.24. The number of carbonyl (C=O) groups excluding carboxylic acids is 1. The van der Waals surface area contributed by atoms with E-state index in [-0.39, 0.29) is 18.1 Å². The SMILES string of the molecule is COc1ccc(CN(C)C(=O)c2ccc([N+](=O)[O-])o2)cc1F. The molecule has 0 aliphatic carbocycles. The van der Waals surface area contributed by atoms with E-state index in [1.807, 2.05) is 0 Å². The zero-order chi connectivity index (χ0) is 16.3. The van der Waals surface area contributed by atoms with Gasteiger partial charge in [-0.3, -0.25) is 14.9 Å². The highest BCUT2D eigenvalue weighted by atomic mass is 19.1. The van der Waals surface area contributed by atoms with Gasteiger partial charge in [-0.1, -0.05) is 6.07 Å². The number of methoxy groups -OCH3 is 1. The molecule has 1 heterocycles. The molecule has 8 heteroatoms. The monoisotopic (exact) mass is 308 g/mol. The van der Waals surface area contributed by atoms with Crippen molar-refractivity contribution in [3.63, 3.8) is 0 Å². The van der Waals surface area contributed by atoms with E-state index in [1.54, 1.807) is 6.07 Å². The van der Waals surface area contributed by atoms with E-state index in [0.717, 1.165) is 6.07 Å². The summed E-state index contributed by atoms with van der Waals surface area (Å²) in [5, 5.41) is 10.5. The third-order valence-electron chi connectivity index (χ3n) is 2.97. The van der Waals surface area contributed by atoms with E-state index < -0.39 is 22.5 Å². The molecule has 1 amide bonds. The quantitative estimate of drug-likeness (QED) is 0.626. The van der Waals surface area contributed by atoms with Crippen LogP contribution in [0.15, 0.2) is 34.7 Å². The largest absolute Gasteiger partial charge is 0.494 e. The first kappa shape index (κ1) is 15.5. The van der Waals surface area contributed by atoms with E-state index >= 15 is 0 Å². The highest BCUT2D eigenvalue weighted by molar-refractivity contribution is 5.91. The number of nitrogens with zero attached hydrogens (tertiary/aromatic N) is 2. The molecule has 1 aromatic carbocycles. The van der Waals surface area contributed by atoms with Crippen LogP contribution in [0.5, 0.6) is 5.75 Å². The average Bonchev–Trinajstić information content (AvgIpc) is 2.96. The number of rotatable bonds is 5. The van der Waals surface area contributed by atoms with Crippen LogP contribution in [0, 0.1) is 15.9 Å². The van der Waals surface area contributed by atoms with Crippen molar-refractivity contribution in [1.29, 1.82) is 0 Å². The molecule has 0 saturated carbocycles. The summed E-state index contributed by atoms with van der Waals surface area (Å²) in [7, 11) is 2.84. The Labute approximate surface area is 125 Å². The predicted octanol–water partition coefficient (Wildman–Crippen LogP) is 2.61. The Hall–Kier alpha value is -2.90. The zero-order valence-electron chi connectivity index (χ0n) is 11.9. The van der Waals surface area contributed by atoms with Gasteiger partial charge in [-0.2, -0.15) is 0 Å². The fourth-order valence-electron chi connectivity index (χ4n) is 1.88. The van der Waals surface area contributed by atoms with Crippen molar-refractivity contribution in [3.05, 3.63) is 57.6 Å². The van der Waals surface area contributed by atoms with Gasteiger partial charge in [-0.15, -0.1) is 0 Å². The smallest absolute Gasteiger partial charge is 0.433 e. The second-order valence-corrected chi connectivity index (χ2v) is 4.53. The van der Waals surface area contributed by atoms with Crippen molar-refractivity contribution >= 4 is 11.8 Å². The number of halogens is 1. The summed E-state index contributed by atoms with van der Waals surface area (Å²) in [4.78, 5) is 23.2. The number of furan rings is 1. The fourth-order valence-corrected chi connectivity index (χ4v) is 1.88. The maximum Gasteiger partial charge on any atom is 0.433 e. The van der Waals surface area contributed by atoms with Gasteiger partial charge in [-0.05, 0) is 23.8 Å². The molecule has 0 unspecified atom stereocenters. The number of ether oxygens (including phenoxy) is 1. The Bertz CT molecular complexity index is 713. The fraction of sp³-hybridized carbons (Fsp3) is 0.214. The molecule has 116 valence electrons. The number of benzene rings is 1. The molecule has 22 heavy (non-hydrogen) atoms. The molecule has 7 nitrogen and oxygen atoms in total. The normalized spacial score (nSPS) is 10.3. The van der Waals surface area contributed by atoms with Crippen molar-refractivity contribution < 1.29 is 23.3 Å². The van der Waals surface area contributed by atoms with Crippen LogP contribution in [0.3, 0.4) is 0 Å². The summed E-state index contributed by atoms with van der Waals surface area (Å²) >= 11 is 0. The van der Waals surface area contributed by atoms with E-state index in [1.165, 1.54) is 37.3 Å². The predicted molar refractivity (Wildman–Crippen MR) is 74.1 cm³/mol. The molecule has 2 rings (SSSR count). The van der Waals surface area contributed by atoms with Crippen molar-refractivity contribution in [2.24, 2.45) is 0 Å². The van der Waals surface area contributed by atoms with Gasteiger partial charge in [0.15, 0.2) is 17.3 Å². The summed E-state index contributed by atoms with van der Waals surface area (Å²) in [6, 6.07) is 6.67. The van der Waals surface area contributed by atoms with E-state index in [0.29, 0.717) is 5.56 Å². The summed E-state index contributed by atoms with van der Waals surface area (Å²) in [5.74, 6) is -1.62. The molecule has 2 aromatic rings. The van der Waals surface area contributed by atoms with Crippen molar-refractivity contribution in [2.75, 3.05) is 14.2 Å². The molecular formula is C14H13FN2O5. The lowest BCUT2D eigenvalue weighted by Crippen LogP contribution is -2.25. The molecule has 0 spiro atoms. The maximum atomic E-state index is 13.6. The molecule has 0 aliphatic rings. The highest BCUT2D eigenvalue weighted by Crippen LogP contribution is 2.20. The lowest BCUT2D eigenvalue weighted by molar-refractivity contribution is -0.402. The van der Waals surface area contributed by atoms with Gasteiger partial charge in [-0.25, -0.2) is 4.39 Å². The number of nitro groups is 1. The minimum Gasteiger partial charge on any atom is -0.494 e. The van der Waals surface area contributed by atoms with Crippen LogP contribution >= 0.6 is 0 Å². The molecule has 0 radical (unpaired) electrons. The molecule has 1 aromatic heterocycles. The highest BCUT2D eigenvalue weighted by Gasteiger charge is 2.20. The average molecular weight is 308 g/mol. The number of hydrogen-bond acceptors (Lipinski definition) is 5. The Morgan fingerprint density at radius 3 is 2.68 bits per heavy atom. The van der Waals surface area contributed by atoms with E-state index in [2.05, 4.69) is 0 Å². The summed E-state index contributed by atoms with van der Waals surface area (Å²) in [5.41, 5.74) is 0.551. The summed E-state index contributed by atoms with van der Waals surface area (Å²) in [6.45, 7) is 0.119. The Morgan fingerprint density at radius 1 is 1.41 bits per heavy atom. The second-order valence-electron chi connectivity index (χ2n) is 4.53. The van der Waals surface area contributed by atoms with Gasteiger partial charge in [0.1, 0.15) is 4.92 Å². The Kier molecular flexibility index (Phi) is 4.40. The van der Waals surface area contributed by atoms with Gasteiger partial charge in [0.25, 0.3) is 5.91 Å². The lowest BCUT2D eigenvalue weighted by Gasteiger charge is -2.16. The lowest BCUT2D eigenvalue weighted by atomic mass is 10.2. The number of hydrogen-bond donors (Lipinski definition) is 0. The maximum absolute atomic E-state index is 13.6.